The number of furan rings is 1. The molecule has 0 aromatic carbocycles. The summed E-state index contributed by atoms with van der Waals surface area (Å²) in [4.78, 5) is 15.4. The average molecular weight is 249 g/mol. The molecule has 0 aliphatic heterocycles. The number of carbonyl (C=O) groups is 1. The van der Waals surface area contributed by atoms with Crippen LogP contribution in [-0.2, 0) is 0 Å². The van der Waals surface area contributed by atoms with Crippen molar-refractivity contribution in [2.45, 2.75) is 13.0 Å². The SMILES string of the molecule is CC(NC(=O)c1ccnc(N)c1F)c1ccco1. The van der Waals surface area contributed by atoms with Gasteiger partial charge in [-0.1, -0.05) is 0 Å². The highest BCUT2D eigenvalue weighted by Gasteiger charge is 2.18. The number of amides is 1. The molecule has 0 saturated heterocycles. The molecule has 2 rings (SSSR count). The molecule has 2 aromatic heterocycles. The van der Waals surface area contributed by atoms with E-state index in [9.17, 15) is 9.18 Å². The number of nitrogens with zero attached hydrogens (tertiary/aromatic N) is 1. The quantitative estimate of drug-likeness (QED) is 0.870. The fraction of sp³-hybridized carbons (Fsp3) is 0.167. The summed E-state index contributed by atoms with van der Waals surface area (Å²) in [6.07, 6.45) is 2.79. The molecule has 3 N–H and O–H groups in total. The number of halogens is 1. The summed E-state index contributed by atoms with van der Waals surface area (Å²) in [6, 6.07) is 4.35. The molecule has 0 spiro atoms. The fourth-order valence-electron chi connectivity index (χ4n) is 1.52. The van der Waals surface area contributed by atoms with E-state index in [1.807, 2.05) is 0 Å². The van der Waals surface area contributed by atoms with Gasteiger partial charge in [-0.3, -0.25) is 4.79 Å². The van der Waals surface area contributed by atoms with Crippen LogP contribution in [0, 0.1) is 5.82 Å². The van der Waals surface area contributed by atoms with Crippen LogP contribution in [0.4, 0.5) is 10.2 Å². The van der Waals surface area contributed by atoms with E-state index in [0.29, 0.717) is 5.76 Å². The van der Waals surface area contributed by atoms with Crippen molar-refractivity contribution in [2.24, 2.45) is 0 Å². The van der Waals surface area contributed by atoms with Gasteiger partial charge >= 0.3 is 0 Å². The third-order valence-corrected chi connectivity index (χ3v) is 2.48. The summed E-state index contributed by atoms with van der Waals surface area (Å²) in [7, 11) is 0. The van der Waals surface area contributed by atoms with Gasteiger partial charge in [-0.15, -0.1) is 0 Å². The fourth-order valence-corrected chi connectivity index (χ4v) is 1.52. The molecule has 5 nitrogen and oxygen atoms in total. The molecule has 0 bridgehead atoms. The van der Waals surface area contributed by atoms with Crippen LogP contribution in [0.3, 0.4) is 0 Å². The number of hydrogen-bond donors (Lipinski definition) is 2. The van der Waals surface area contributed by atoms with E-state index in [1.54, 1.807) is 19.1 Å². The van der Waals surface area contributed by atoms with Crippen LogP contribution in [0.25, 0.3) is 0 Å². The second kappa shape index (κ2) is 4.87. The Morgan fingerprint density at radius 3 is 3.00 bits per heavy atom. The van der Waals surface area contributed by atoms with Crippen LogP contribution in [0.1, 0.15) is 29.1 Å². The Balaban J connectivity index is 2.15. The molecule has 94 valence electrons. The van der Waals surface area contributed by atoms with Gasteiger partial charge in [-0.25, -0.2) is 9.37 Å². The molecule has 1 unspecified atom stereocenters. The number of rotatable bonds is 3. The van der Waals surface area contributed by atoms with E-state index in [1.165, 1.54) is 18.5 Å². The van der Waals surface area contributed by atoms with Gasteiger partial charge in [0.05, 0.1) is 17.9 Å². The molecule has 2 aromatic rings. The molecule has 2 heterocycles. The largest absolute Gasteiger partial charge is 0.467 e. The number of nitrogens with two attached hydrogens (primary N) is 1. The number of hydrogen-bond acceptors (Lipinski definition) is 4. The molecule has 18 heavy (non-hydrogen) atoms. The highest BCUT2D eigenvalue weighted by Crippen LogP contribution is 2.16. The lowest BCUT2D eigenvalue weighted by Crippen LogP contribution is -2.27. The Bertz CT molecular complexity index is 554. The normalized spacial score (nSPS) is 12.1. The molecule has 0 saturated carbocycles. The molecule has 6 heteroatoms. The maximum atomic E-state index is 13.6. The van der Waals surface area contributed by atoms with Gasteiger partial charge in [0.1, 0.15) is 5.76 Å². The molecular formula is C12H12FN3O2. The third kappa shape index (κ3) is 2.32. The van der Waals surface area contributed by atoms with Crippen LogP contribution < -0.4 is 11.1 Å². The predicted molar refractivity (Wildman–Crippen MR) is 63.2 cm³/mol. The molecule has 0 fully saturated rings. The molecular weight excluding hydrogens is 237 g/mol. The Kier molecular flexibility index (Phi) is 3.27. The minimum absolute atomic E-state index is 0.138. The number of anilines is 1. The number of nitrogen functional groups attached to an aromatic ring is 1. The smallest absolute Gasteiger partial charge is 0.255 e. The first kappa shape index (κ1) is 12.1. The van der Waals surface area contributed by atoms with Gasteiger partial charge in [-0.2, -0.15) is 0 Å². The second-order valence-electron chi connectivity index (χ2n) is 3.77. The van der Waals surface area contributed by atoms with E-state index in [2.05, 4.69) is 10.3 Å². The average Bonchev–Trinajstić information content (AvgIpc) is 2.86. The Morgan fingerprint density at radius 2 is 2.33 bits per heavy atom. The van der Waals surface area contributed by atoms with Gasteiger partial charge in [0.2, 0.25) is 0 Å². The molecule has 0 aliphatic rings. The molecule has 1 atom stereocenters. The summed E-state index contributed by atoms with van der Waals surface area (Å²) in [5, 5.41) is 2.61. The van der Waals surface area contributed by atoms with E-state index < -0.39 is 11.7 Å². The van der Waals surface area contributed by atoms with E-state index >= 15 is 0 Å². The summed E-state index contributed by atoms with van der Waals surface area (Å²) in [5.41, 5.74) is 5.16. The van der Waals surface area contributed by atoms with E-state index in [-0.39, 0.29) is 17.4 Å². The number of aromatic nitrogens is 1. The van der Waals surface area contributed by atoms with Crippen LogP contribution in [0.5, 0.6) is 0 Å². The first-order chi connectivity index (χ1) is 8.59. The maximum Gasteiger partial charge on any atom is 0.255 e. The van der Waals surface area contributed by atoms with Crippen LogP contribution in [-0.4, -0.2) is 10.9 Å². The second-order valence-corrected chi connectivity index (χ2v) is 3.77. The molecule has 0 aliphatic carbocycles. The highest BCUT2D eigenvalue weighted by molar-refractivity contribution is 5.95. The number of carbonyl (C=O) groups excluding carboxylic acids is 1. The lowest BCUT2D eigenvalue weighted by atomic mass is 10.2. The summed E-state index contributed by atoms with van der Waals surface area (Å²) in [5.74, 6) is -1.09. The lowest BCUT2D eigenvalue weighted by Gasteiger charge is -2.12. The zero-order chi connectivity index (χ0) is 13.1. The van der Waals surface area contributed by atoms with Crippen molar-refractivity contribution < 1.29 is 13.6 Å². The van der Waals surface area contributed by atoms with Crippen molar-refractivity contribution in [1.82, 2.24) is 10.3 Å². The first-order valence-electron chi connectivity index (χ1n) is 5.34. The maximum absolute atomic E-state index is 13.6. The van der Waals surface area contributed by atoms with Gasteiger partial charge in [-0.05, 0) is 25.1 Å². The third-order valence-electron chi connectivity index (χ3n) is 2.48. The first-order valence-corrected chi connectivity index (χ1v) is 5.34. The minimum atomic E-state index is -0.818. The van der Waals surface area contributed by atoms with Crippen molar-refractivity contribution in [3.63, 3.8) is 0 Å². The van der Waals surface area contributed by atoms with Gasteiger partial charge in [0.15, 0.2) is 11.6 Å². The number of pyridine rings is 1. The molecule has 1 amide bonds. The minimum Gasteiger partial charge on any atom is -0.467 e. The van der Waals surface area contributed by atoms with Gasteiger partial charge < -0.3 is 15.5 Å². The zero-order valence-electron chi connectivity index (χ0n) is 9.68. The van der Waals surface area contributed by atoms with Crippen molar-refractivity contribution in [2.75, 3.05) is 5.73 Å². The summed E-state index contributed by atoms with van der Waals surface area (Å²) < 4.78 is 18.7. The summed E-state index contributed by atoms with van der Waals surface area (Å²) >= 11 is 0. The number of nitrogens with one attached hydrogen (secondary N) is 1. The van der Waals surface area contributed by atoms with Crippen molar-refractivity contribution >= 4 is 11.7 Å². The standard InChI is InChI=1S/C12H12FN3O2/c1-7(9-3-2-6-18-9)16-12(17)8-4-5-15-11(14)10(8)13/h2-7H,1H3,(H2,14,15)(H,16,17). The Hall–Kier alpha value is -2.37. The van der Waals surface area contributed by atoms with Gasteiger partial charge in [0, 0.05) is 6.20 Å². The van der Waals surface area contributed by atoms with Crippen LogP contribution in [0.2, 0.25) is 0 Å². The topological polar surface area (TPSA) is 81.2 Å². The van der Waals surface area contributed by atoms with E-state index in [4.69, 9.17) is 10.2 Å². The Morgan fingerprint density at radius 1 is 1.56 bits per heavy atom. The zero-order valence-corrected chi connectivity index (χ0v) is 9.68. The Labute approximate surface area is 103 Å². The van der Waals surface area contributed by atoms with Gasteiger partial charge in [0.25, 0.3) is 5.91 Å². The monoisotopic (exact) mass is 249 g/mol. The summed E-state index contributed by atoms with van der Waals surface area (Å²) in [6.45, 7) is 1.74. The molecule has 0 radical (unpaired) electrons. The lowest BCUT2D eigenvalue weighted by molar-refractivity contribution is 0.0931. The highest BCUT2D eigenvalue weighted by atomic mass is 19.1. The van der Waals surface area contributed by atoms with Crippen molar-refractivity contribution in [3.8, 4) is 0 Å². The van der Waals surface area contributed by atoms with E-state index in [0.717, 1.165) is 0 Å². The van der Waals surface area contributed by atoms with Crippen molar-refractivity contribution in [3.05, 3.63) is 47.8 Å². The van der Waals surface area contributed by atoms with Crippen molar-refractivity contribution in [1.29, 1.82) is 0 Å². The van der Waals surface area contributed by atoms with Crippen LogP contribution >= 0.6 is 0 Å². The van der Waals surface area contributed by atoms with Crippen LogP contribution in [0.15, 0.2) is 35.1 Å². The predicted octanol–water partition coefficient (Wildman–Crippen LogP) is 1.89.